The molecule has 0 fully saturated rings. The Bertz CT molecular complexity index is 665. The Morgan fingerprint density at radius 1 is 1.16 bits per heavy atom. The highest BCUT2D eigenvalue weighted by molar-refractivity contribution is 14.0. The van der Waals surface area contributed by atoms with Crippen molar-refractivity contribution in [1.82, 2.24) is 25.4 Å². The Morgan fingerprint density at radius 2 is 1.84 bits per heavy atom. The van der Waals surface area contributed by atoms with Gasteiger partial charge in [0.1, 0.15) is 5.82 Å². The van der Waals surface area contributed by atoms with Gasteiger partial charge < -0.3 is 15.2 Å². The molecule has 0 aliphatic carbocycles. The molecule has 0 spiro atoms. The molecular weight excluding hydrogens is 427 g/mol. The molecule has 0 bridgehead atoms. The first-order valence-corrected chi connectivity index (χ1v) is 8.41. The quantitative estimate of drug-likeness (QED) is 0.399. The van der Waals surface area contributed by atoms with Crippen molar-refractivity contribution in [1.29, 1.82) is 0 Å². The second kappa shape index (κ2) is 10.4. The molecule has 1 aromatic carbocycles. The first-order valence-electron chi connectivity index (χ1n) is 8.41. The van der Waals surface area contributed by atoms with Gasteiger partial charge in [0.25, 0.3) is 0 Å². The van der Waals surface area contributed by atoms with E-state index in [1.54, 1.807) is 0 Å². The van der Waals surface area contributed by atoms with Gasteiger partial charge in [-0.05, 0) is 25.3 Å². The second-order valence-corrected chi connectivity index (χ2v) is 6.40. The molecule has 1 heterocycles. The van der Waals surface area contributed by atoms with E-state index in [4.69, 9.17) is 4.99 Å². The molecular formula is C18H29IN6. The molecule has 2 rings (SSSR count). The number of benzene rings is 1. The van der Waals surface area contributed by atoms with E-state index >= 15 is 0 Å². The molecule has 0 radical (unpaired) electrons. The standard InChI is InChI=1S/C18H28N6.HI/c1-13(2)14(3)21-18(19-11-16-9-7-6-8-10-16)20-12-17-23-22-15(4)24(17)5;/h6-10,13-14H,11-12H2,1-5H3,(H2,19,20,21);1H. The van der Waals surface area contributed by atoms with Gasteiger partial charge in [0.2, 0.25) is 0 Å². The molecule has 2 N–H and O–H groups in total. The average Bonchev–Trinajstić information content (AvgIpc) is 2.89. The van der Waals surface area contributed by atoms with Gasteiger partial charge in [0.05, 0.1) is 13.1 Å². The van der Waals surface area contributed by atoms with Crippen LogP contribution in [0.15, 0.2) is 35.3 Å². The molecule has 6 nitrogen and oxygen atoms in total. The number of rotatable bonds is 6. The summed E-state index contributed by atoms with van der Waals surface area (Å²) in [6, 6.07) is 10.6. The number of nitrogens with one attached hydrogen (secondary N) is 2. The van der Waals surface area contributed by atoms with E-state index in [9.17, 15) is 0 Å². The van der Waals surface area contributed by atoms with Gasteiger partial charge in [-0.15, -0.1) is 34.2 Å². The lowest BCUT2D eigenvalue weighted by Gasteiger charge is -2.21. The minimum atomic E-state index is 0. The van der Waals surface area contributed by atoms with Crippen LogP contribution < -0.4 is 10.6 Å². The second-order valence-electron chi connectivity index (χ2n) is 6.40. The number of hydrogen-bond acceptors (Lipinski definition) is 3. The van der Waals surface area contributed by atoms with E-state index in [0.717, 1.165) is 17.6 Å². The number of nitrogens with zero attached hydrogens (tertiary/aromatic N) is 4. The summed E-state index contributed by atoms with van der Waals surface area (Å²) in [6.07, 6.45) is 0. The predicted molar refractivity (Wildman–Crippen MR) is 113 cm³/mol. The highest BCUT2D eigenvalue weighted by atomic mass is 127. The molecule has 25 heavy (non-hydrogen) atoms. The first kappa shape index (κ1) is 21.4. The third-order valence-electron chi connectivity index (χ3n) is 4.22. The fourth-order valence-electron chi connectivity index (χ4n) is 2.06. The molecule has 1 aromatic heterocycles. The number of aromatic nitrogens is 3. The van der Waals surface area contributed by atoms with Crippen LogP contribution in [0.25, 0.3) is 0 Å². The Balaban J connectivity index is 0.00000312. The van der Waals surface area contributed by atoms with E-state index < -0.39 is 0 Å². The molecule has 2 aromatic rings. The lowest BCUT2D eigenvalue weighted by atomic mass is 10.1. The molecule has 0 amide bonds. The van der Waals surface area contributed by atoms with Crippen LogP contribution in [0, 0.1) is 12.8 Å². The van der Waals surface area contributed by atoms with Crippen LogP contribution in [0.1, 0.15) is 38.0 Å². The van der Waals surface area contributed by atoms with E-state index in [-0.39, 0.29) is 24.0 Å². The lowest BCUT2D eigenvalue weighted by molar-refractivity contribution is 0.479. The molecule has 1 atom stereocenters. The van der Waals surface area contributed by atoms with Gasteiger partial charge in [-0.25, -0.2) is 4.99 Å². The van der Waals surface area contributed by atoms with E-state index in [1.165, 1.54) is 5.56 Å². The first-order chi connectivity index (χ1) is 11.5. The topological polar surface area (TPSA) is 67.1 Å². The van der Waals surface area contributed by atoms with Gasteiger partial charge in [0.15, 0.2) is 11.8 Å². The van der Waals surface area contributed by atoms with Crippen molar-refractivity contribution in [3.05, 3.63) is 47.5 Å². The molecule has 0 aliphatic rings. The van der Waals surface area contributed by atoms with Crippen molar-refractivity contribution in [3.63, 3.8) is 0 Å². The van der Waals surface area contributed by atoms with E-state index in [0.29, 0.717) is 25.0 Å². The van der Waals surface area contributed by atoms with Gasteiger partial charge in [0, 0.05) is 13.1 Å². The molecule has 0 saturated carbocycles. The maximum absolute atomic E-state index is 4.70. The zero-order chi connectivity index (χ0) is 17.5. The maximum atomic E-state index is 4.70. The average molecular weight is 456 g/mol. The number of aryl methyl sites for hydroxylation is 1. The Labute approximate surface area is 167 Å². The van der Waals surface area contributed by atoms with Crippen molar-refractivity contribution in [3.8, 4) is 0 Å². The molecule has 7 heteroatoms. The number of guanidine groups is 1. The van der Waals surface area contributed by atoms with Gasteiger partial charge in [-0.1, -0.05) is 44.2 Å². The third kappa shape index (κ3) is 6.64. The summed E-state index contributed by atoms with van der Waals surface area (Å²) in [4.78, 5) is 4.70. The summed E-state index contributed by atoms with van der Waals surface area (Å²) < 4.78 is 1.98. The molecule has 0 saturated heterocycles. The van der Waals surface area contributed by atoms with Crippen LogP contribution in [0.2, 0.25) is 0 Å². The maximum Gasteiger partial charge on any atom is 0.192 e. The molecule has 1 unspecified atom stereocenters. The fourth-order valence-corrected chi connectivity index (χ4v) is 2.06. The van der Waals surface area contributed by atoms with Gasteiger partial charge in [-0.3, -0.25) is 0 Å². The number of halogens is 1. The van der Waals surface area contributed by atoms with E-state index in [1.807, 2.05) is 36.7 Å². The molecule has 0 aliphatic heterocycles. The smallest absolute Gasteiger partial charge is 0.192 e. The zero-order valence-electron chi connectivity index (χ0n) is 15.7. The molecule has 138 valence electrons. The SMILES string of the molecule is Cc1nnc(CNC(=NCc2ccccc2)NC(C)C(C)C)n1C.I. The Kier molecular flexibility index (Phi) is 8.88. The van der Waals surface area contributed by atoms with Crippen LogP contribution in [-0.2, 0) is 20.1 Å². The summed E-state index contributed by atoms with van der Waals surface area (Å²) >= 11 is 0. The minimum absolute atomic E-state index is 0. The van der Waals surface area contributed by atoms with Crippen LogP contribution in [0.3, 0.4) is 0 Å². The summed E-state index contributed by atoms with van der Waals surface area (Å²) in [5.74, 6) is 3.10. The monoisotopic (exact) mass is 456 g/mol. The van der Waals surface area contributed by atoms with Crippen molar-refractivity contribution in [2.45, 2.75) is 46.8 Å². The normalized spacial score (nSPS) is 12.6. The summed E-state index contributed by atoms with van der Waals surface area (Å²) in [7, 11) is 1.97. The number of hydrogen-bond donors (Lipinski definition) is 2. The summed E-state index contributed by atoms with van der Waals surface area (Å²) in [5, 5.41) is 15.1. The highest BCUT2D eigenvalue weighted by Gasteiger charge is 2.11. The van der Waals surface area contributed by atoms with Crippen LogP contribution in [0.4, 0.5) is 0 Å². The third-order valence-corrected chi connectivity index (χ3v) is 4.22. The summed E-state index contributed by atoms with van der Waals surface area (Å²) in [5.41, 5.74) is 1.19. The fraction of sp³-hybridized carbons (Fsp3) is 0.500. The van der Waals surface area contributed by atoms with Crippen molar-refractivity contribution >= 4 is 29.9 Å². The van der Waals surface area contributed by atoms with E-state index in [2.05, 4.69) is 53.7 Å². The predicted octanol–water partition coefficient (Wildman–Crippen LogP) is 3.02. The van der Waals surface area contributed by atoms with Crippen LogP contribution >= 0.6 is 24.0 Å². The Hall–Kier alpha value is -1.64. The van der Waals surface area contributed by atoms with Crippen molar-refractivity contribution in [2.24, 2.45) is 18.0 Å². The zero-order valence-corrected chi connectivity index (χ0v) is 18.0. The number of aliphatic imine (C=N–C) groups is 1. The van der Waals surface area contributed by atoms with Crippen molar-refractivity contribution < 1.29 is 0 Å². The summed E-state index contributed by atoms with van der Waals surface area (Å²) in [6.45, 7) is 9.72. The highest BCUT2D eigenvalue weighted by Crippen LogP contribution is 2.03. The van der Waals surface area contributed by atoms with Gasteiger partial charge in [-0.2, -0.15) is 0 Å². The minimum Gasteiger partial charge on any atom is -0.354 e. The van der Waals surface area contributed by atoms with Crippen LogP contribution in [-0.4, -0.2) is 26.8 Å². The Morgan fingerprint density at radius 3 is 2.40 bits per heavy atom. The lowest BCUT2D eigenvalue weighted by Crippen LogP contribution is -2.44. The largest absolute Gasteiger partial charge is 0.354 e. The van der Waals surface area contributed by atoms with Crippen molar-refractivity contribution in [2.75, 3.05) is 0 Å². The van der Waals surface area contributed by atoms with Gasteiger partial charge >= 0.3 is 0 Å². The van der Waals surface area contributed by atoms with Crippen LogP contribution in [0.5, 0.6) is 0 Å².